The van der Waals surface area contributed by atoms with E-state index in [1.54, 1.807) is 24.3 Å². The van der Waals surface area contributed by atoms with E-state index in [2.05, 4.69) is 11.4 Å². The van der Waals surface area contributed by atoms with Crippen LogP contribution in [0.15, 0.2) is 42.5 Å². The maximum absolute atomic E-state index is 12.1. The summed E-state index contributed by atoms with van der Waals surface area (Å²) in [7, 11) is 0. The summed E-state index contributed by atoms with van der Waals surface area (Å²) in [6.45, 7) is 2.67. The number of benzene rings is 2. The first-order chi connectivity index (χ1) is 13.6. The Labute approximate surface area is 166 Å². The third kappa shape index (κ3) is 4.83. The van der Waals surface area contributed by atoms with E-state index in [0.29, 0.717) is 35.1 Å². The molecule has 5 nitrogen and oxygen atoms in total. The number of ether oxygens (including phenoxy) is 1. The molecule has 3 rings (SSSR count). The Kier molecular flexibility index (Phi) is 6.54. The van der Waals surface area contributed by atoms with Gasteiger partial charge in [0.05, 0.1) is 18.2 Å². The number of rotatable bonds is 8. The lowest BCUT2D eigenvalue weighted by Crippen LogP contribution is -2.22. The molecule has 0 amide bonds. The predicted molar refractivity (Wildman–Crippen MR) is 108 cm³/mol. The molecular weight excluding hydrogens is 352 g/mol. The van der Waals surface area contributed by atoms with E-state index >= 15 is 0 Å². The van der Waals surface area contributed by atoms with E-state index in [-0.39, 0.29) is 0 Å². The highest BCUT2D eigenvalue weighted by Gasteiger charge is 2.25. The summed E-state index contributed by atoms with van der Waals surface area (Å²) in [4.78, 5) is 12.1. The first-order valence-corrected chi connectivity index (χ1v) is 9.85. The standard InChI is InChI=1S/C23H26N2O3/c1-2-16-9-12-21(28-15-18-5-3-4-6-18)20(13-16)22(23(26)27)25-19-10-7-17(14-24)8-11-19/h7-13,18,22,25H,2-6,15H2,1H3,(H,26,27). The third-order valence-corrected chi connectivity index (χ3v) is 5.31. The number of anilines is 1. The van der Waals surface area contributed by atoms with Gasteiger partial charge in [0.25, 0.3) is 0 Å². The summed E-state index contributed by atoms with van der Waals surface area (Å²) < 4.78 is 6.08. The molecule has 0 heterocycles. The predicted octanol–water partition coefficient (Wildman–Crippen LogP) is 4.93. The zero-order valence-electron chi connectivity index (χ0n) is 16.1. The zero-order valence-corrected chi connectivity index (χ0v) is 16.1. The Bertz CT molecular complexity index is 849. The molecular formula is C23H26N2O3. The number of nitrogens with zero attached hydrogens (tertiary/aromatic N) is 1. The van der Waals surface area contributed by atoms with Gasteiger partial charge in [-0.05, 0) is 67.1 Å². The van der Waals surface area contributed by atoms with E-state index < -0.39 is 12.0 Å². The van der Waals surface area contributed by atoms with E-state index in [9.17, 15) is 9.90 Å². The molecule has 1 aliphatic rings. The Balaban J connectivity index is 1.86. The number of carbonyl (C=O) groups is 1. The lowest BCUT2D eigenvalue weighted by molar-refractivity contribution is -0.138. The first-order valence-electron chi connectivity index (χ1n) is 9.85. The monoisotopic (exact) mass is 378 g/mol. The minimum Gasteiger partial charge on any atom is -0.493 e. The van der Waals surface area contributed by atoms with Gasteiger partial charge in [0.1, 0.15) is 5.75 Å². The molecule has 2 aromatic carbocycles. The van der Waals surface area contributed by atoms with Crippen molar-refractivity contribution in [2.75, 3.05) is 11.9 Å². The van der Waals surface area contributed by atoms with Crippen LogP contribution < -0.4 is 10.1 Å². The lowest BCUT2D eigenvalue weighted by atomic mass is 10.0. The van der Waals surface area contributed by atoms with Gasteiger partial charge < -0.3 is 15.2 Å². The maximum atomic E-state index is 12.1. The van der Waals surface area contributed by atoms with Crippen LogP contribution in [-0.2, 0) is 11.2 Å². The SMILES string of the molecule is CCc1ccc(OCC2CCCC2)c(C(Nc2ccc(C#N)cc2)C(=O)O)c1. The molecule has 2 N–H and O–H groups in total. The van der Waals surface area contributed by atoms with Crippen molar-refractivity contribution in [3.05, 3.63) is 59.2 Å². The third-order valence-electron chi connectivity index (χ3n) is 5.31. The summed E-state index contributed by atoms with van der Waals surface area (Å²) in [6.07, 6.45) is 5.66. The minimum atomic E-state index is -0.969. The number of aliphatic carboxylic acids is 1. The minimum absolute atomic E-state index is 0.533. The Morgan fingerprint density at radius 1 is 1.25 bits per heavy atom. The summed E-state index contributed by atoms with van der Waals surface area (Å²) in [5.74, 6) is 0.203. The smallest absolute Gasteiger partial charge is 0.330 e. The van der Waals surface area contributed by atoms with Crippen LogP contribution in [0.5, 0.6) is 5.75 Å². The van der Waals surface area contributed by atoms with Gasteiger partial charge >= 0.3 is 5.97 Å². The molecule has 1 saturated carbocycles. The second-order valence-corrected chi connectivity index (χ2v) is 7.29. The normalized spacial score (nSPS) is 15.0. The quantitative estimate of drug-likeness (QED) is 0.681. The molecule has 2 aromatic rings. The van der Waals surface area contributed by atoms with Crippen molar-refractivity contribution in [1.82, 2.24) is 0 Å². The van der Waals surface area contributed by atoms with Crippen molar-refractivity contribution in [1.29, 1.82) is 5.26 Å². The number of aryl methyl sites for hydroxylation is 1. The van der Waals surface area contributed by atoms with E-state index in [1.165, 1.54) is 25.7 Å². The number of hydrogen-bond donors (Lipinski definition) is 2. The average Bonchev–Trinajstić information content (AvgIpc) is 3.24. The second kappa shape index (κ2) is 9.27. The number of nitrogens with one attached hydrogen (secondary N) is 1. The van der Waals surface area contributed by atoms with Crippen molar-refractivity contribution < 1.29 is 14.6 Å². The molecule has 1 aliphatic carbocycles. The lowest BCUT2D eigenvalue weighted by Gasteiger charge is -2.21. The van der Waals surface area contributed by atoms with Gasteiger partial charge in [0.2, 0.25) is 0 Å². The summed E-state index contributed by atoms with van der Waals surface area (Å²) in [5, 5.41) is 21.9. The van der Waals surface area contributed by atoms with Crippen molar-refractivity contribution in [2.24, 2.45) is 5.92 Å². The number of carboxylic acid groups (broad SMARTS) is 1. The molecule has 1 fully saturated rings. The molecule has 28 heavy (non-hydrogen) atoms. The van der Waals surface area contributed by atoms with Gasteiger partial charge in [0, 0.05) is 11.3 Å². The molecule has 0 saturated heterocycles. The Hall–Kier alpha value is -3.00. The molecule has 0 aromatic heterocycles. The molecule has 146 valence electrons. The van der Waals surface area contributed by atoms with Crippen molar-refractivity contribution in [3.63, 3.8) is 0 Å². The highest BCUT2D eigenvalue weighted by atomic mass is 16.5. The molecule has 0 bridgehead atoms. The first kappa shape index (κ1) is 19.8. The highest BCUT2D eigenvalue weighted by molar-refractivity contribution is 5.80. The van der Waals surface area contributed by atoms with E-state index in [1.807, 2.05) is 25.1 Å². The molecule has 5 heteroatoms. The number of carboxylic acids is 1. The van der Waals surface area contributed by atoms with E-state index in [0.717, 1.165) is 12.0 Å². The van der Waals surface area contributed by atoms with Crippen molar-refractivity contribution in [2.45, 2.75) is 45.1 Å². The zero-order chi connectivity index (χ0) is 19.9. The fourth-order valence-electron chi connectivity index (χ4n) is 3.64. The van der Waals surface area contributed by atoms with Crippen LogP contribution in [0.4, 0.5) is 5.69 Å². The molecule has 0 spiro atoms. The van der Waals surface area contributed by atoms with Gasteiger partial charge in [-0.3, -0.25) is 0 Å². The van der Waals surface area contributed by atoms with Crippen LogP contribution in [0.25, 0.3) is 0 Å². The van der Waals surface area contributed by atoms with Crippen LogP contribution in [0, 0.1) is 17.2 Å². The number of hydrogen-bond acceptors (Lipinski definition) is 4. The fraction of sp³-hybridized carbons (Fsp3) is 0.391. The van der Waals surface area contributed by atoms with Gasteiger partial charge in [0.15, 0.2) is 6.04 Å². The molecule has 1 atom stereocenters. The maximum Gasteiger partial charge on any atom is 0.330 e. The largest absolute Gasteiger partial charge is 0.493 e. The van der Waals surface area contributed by atoms with Gasteiger partial charge in [-0.25, -0.2) is 4.79 Å². The van der Waals surface area contributed by atoms with Crippen LogP contribution in [0.1, 0.15) is 55.3 Å². The molecule has 0 aliphatic heterocycles. The topological polar surface area (TPSA) is 82.3 Å². The Morgan fingerprint density at radius 2 is 1.96 bits per heavy atom. The second-order valence-electron chi connectivity index (χ2n) is 7.29. The average molecular weight is 378 g/mol. The van der Waals surface area contributed by atoms with Gasteiger partial charge in [-0.2, -0.15) is 5.26 Å². The highest BCUT2D eigenvalue weighted by Crippen LogP contribution is 2.32. The van der Waals surface area contributed by atoms with Crippen molar-refractivity contribution >= 4 is 11.7 Å². The van der Waals surface area contributed by atoms with Crippen LogP contribution in [-0.4, -0.2) is 17.7 Å². The number of nitriles is 1. The van der Waals surface area contributed by atoms with Gasteiger partial charge in [-0.1, -0.05) is 25.8 Å². The van der Waals surface area contributed by atoms with E-state index in [4.69, 9.17) is 10.00 Å². The van der Waals surface area contributed by atoms with Crippen LogP contribution >= 0.6 is 0 Å². The molecule has 1 unspecified atom stereocenters. The van der Waals surface area contributed by atoms with Crippen LogP contribution in [0.3, 0.4) is 0 Å². The van der Waals surface area contributed by atoms with Gasteiger partial charge in [-0.15, -0.1) is 0 Å². The molecule has 0 radical (unpaired) electrons. The summed E-state index contributed by atoms with van der Waals surface area (Å²) in [6, 6.07) is 13.7. The summed E-state index contributed by atoms with van der Waals surface area (Å²) >= 11 is 0. The Morgan fingerprint density at radius 3 is 2.57 bits per heavy atom. The van der Waals surface area contributed by atoms with Crippen molar-refractivity contribution in [3.8, 4) is 11.8 Å². The summed E-state index contributed by atoms with van der Waals surface area (Å²) in [5.41, 5.74) is 2.88. The van der Waals surface area contributed by atoms with Crippen LogP contribution in [0.2, 0.25) is 0 Å². The fourth-order valence-corrected chi connectivity index (χ4v) is 3.64.